The van der Waals surface area contributed by atoms with Gasteiger partial charge in [0.2, 0.25) is 0 Å². The first-order chi connectivity index (χ1) is 9.26. The van der Waals surface area contributed by atoms with Crippen LogP contribution >= 0.6 is 0 Å². The molecule has 0 fully saturated rings. The van der Waals surface area contributed by atoms with Gasteiger partial charge in [-0.05, 0) is 25.7 Å². The Balaban J connectivity index is 4.27. The van der Waals surface area contributed by atoms with Crippen LogP contribution in [0, 0.1) is 5.92 Å². The van der Waals surface area contributed by atoms with Crippen LogP contribution in [0.25, 0.3) is 0 Å². The van der Waals surface area contributed by atoms with Crippen LogP contribution in [0.2, 0.25) is 0 Å². The number of ether oxygens (including phenoxy) is 1. The maximum absolute atomic E-state index is 11.7. The molecular weight excluding hydrogens is 264 g/mol. The first kappa shape index (κ1) is 18.2. The summed E-state index contributed by atoms with van der Waals surface area (Å²) in [6, 6.07) is -1.71. The van der Waals surface area contributed by atoms with E-state index in [4.69, 9.17) is 5.11 Å². The molecule has 20 heavy (non-hydrogen) atoms. The Bertz CT molecular complexity index is 344. The van der Waals surface area contributed by atoms with Gasteiger partial charge in [0.25, 0.3) is 0 Å². The number of carboxylic acid groups (broad SMARTS) is 1. The molecule has 2 atom stereocenters. The number of carboxylic acids is 1. The lowest BCUT2D eigenvalue weighted by Crippen LogP contribution is -2.48. The van der Waals surface area contributed by atoms with Gasteiger partial charge >= 0.3 is 18.0 Å². The highest BCUT2D eigenvalue weighted by atomic mass is 16.5. The monoisotopic (exact) mass is 288 g/mol. The Morgan fingerprint density at radius 2 is 1.75 bits per heavy atom. The molecule has 116 valence electrons. The minimum absolute atomic E-state index is 0.00596. The molecule has 0 spiro atoms. The van der Waals surface area contributed by atoms with Crippen LogP contribution in [-0.4, -0.2) is 42.3 Å². The summed E-state index contributed by atoms with van der Waals surface area (Å²) in [5.74, 6) is -1.26. The number of hydrogen-bond donors (Lipinski definition) is 3. The van der Waals surface area contributed by atoms with Crippen molar-refractivity contribution in [2.45, 2.75) is 52.1 Å². The van der Waals surface area contributed by atoms with Gasteiger partial charge in [-0.25, -0.2) is 9.59 Å². The highest BCUT2D eigenvalue weighted by Gasteiger charge is 2.21. The van der Waals surface area contributed by atoms with E-state index in [1.165, 1.54) is 7.11 Å². The highest BCUT2D eigenvalue weighted by molar-refractivity contribution is 5.83. The van der Waals surface area contributed by atoms with Crippen molar-refractivity contribution in [1.82, 2.24) is 10.6 Å². The fourth-order valence-corrected chi connectivity index (χ4v) is 1.81. The topological polar surface area (TPSA) is 105 Å². The molecule has 0 saturated carbocycles. The van der Waals surface area contributed by atoms with E-state index in [-0.39, 0.29) is 18.9 Å². The summed E-state index contributed by atoms with van der Waals surface area (Å²) in [5, 5.41) is 14.0. The maximum atomic E-state index is 11.7. The fourth-order valence-electron chi connectivity index (χ4n) is 1.81. The molecule has 7 nitrogen and oxygen atoms in total. The molecule has 2 amide bonds. The largest absolute Gasteiger partial charge is 0.480 e. The highest BCUT2D eigenvalue weighted by Crippen LogP contribution is 2.04. The molecule has 0 aromatic carbocycles. The number of aliphatic carboxylic acids is 1. The zero-order valence-electron chi connectivity index (χ0n) is 12.4. The first-order valence-corrected chi connectivity index (χ1v) is 6.62. The summed E-state index contributed by atoms with van der Waals surface area (Å²) in [7, 11) is 1.23. The Labute approximate surface area is 119 Å². The summed E-state index contributed by atoms with van der Waals surface area (Å²) in [5.41, 5.74) is 0. The lowest BCUT2D eigenvalue weighted by atomic mass is 10.1. The van der Waals surface area contributed by atoms with Gasteiger partial charge < -0.3 is 20.5 Å². The van der Waals surface area contributed by atoms with Gasteiger partial charge in [-0.1, -0.05) is 13.8 Å². The first-order valence-electron chi connectivity index (χ1n) is 6.62. The van der Waals surface area contributed by atoms with E-state index in [0.717, 1.165) is 6.42 Å². The number of methoxy groups -OCH3 is 1. The summed E-state index contributed by atoms with van der Waals surface area (Å²) < 4.78 is 4.43. The number of nitrogens with one attached hydrogen (secondary N) is 2. The predicted molar refractivity (Wildman–Crippen MR) is 73.3 cm³/mol. The third-order valence-corrected chi connectivity index (χ3v) is 2.67. The van der Waals surface area contributed by atoms with Crippen LogP contribution in [0.3, 0.4) is 0 Å². The fraction of sp³-hybridized carbons (Fsp3) is 0.769. The van der Waals surface area contributed by atoms with Crippen molar-refractivity contribution < 1.29 is 24.2 Å². The summed E-state index contributed by atoms with van der Waals surface area (Å²) >= 11 is 0. The normalized spacial score (nSPS) is 13.4. The van der Waals surface area contributed by atoms with Crippen molar-refractivity contribution in [2.75, 3.05) is 7.11 Å². The molecular formula is C13H24N2O5. The number of carbonyl (C=O) groups excluding carboxylic acids is 2. The lowest BCUT2D eigenvalue weighted by molar-refractivity contribution is -0.142. The van der Waals surface area contributed by atoms with Gasteiger partial charge in [0.1, 0.15) is 6.04 Å². The second kappa shape index (κ2) is 9.17. The minimum atomic E-state index is -1.18. The van der Waals surface area contributed by atoms with Gasteiger partial charge in [0, 0.05) is 12.5 Å². The van der Waals surface area contributed by atoms with E-state index < -0.39 is 24.0 Å². The van der Waals surface area contributed by atoms with E-state index in [1.54, 1.807) is 0 Å². The Morgan fingerprint density at radius 3 is 2.20 bits per heavy atom. The molecule has 1 unspecified atom stereocenters. The average molecular weight is 288 g/mol. The Morgan fingerprint density at radius 1 is 1.15 bits per heavy atom. The van der Waals surface area contributed by atoms with Gasteiger partial charge in [-0.2, -0.15) is 0 Å². The van der Waals surface area contributed by atoms with Crippen LogP contribution < -0.4 is 10.6 Å². The number of esters is 1. The standard InChI is InChI=1S/C13H24N2O5/c1-8(2)7-9(3)14-13(19)15-10(12(17)18)5-6-11(16)20-4/h8-10H,5-7H2,1-4H3,(H,17,18)(H2,14,15,19)/t9?,10-/m1/s1. The van der Waals surface area contributed by atoms with Crippen molar-refractivity contribution in [3.05, 3.63) is 0 Å². The molecule has 3 N–H and O–H groups in total. The summed E-state index contributed by atoms with van der Waals surface area (Å²) in [4.78, 5) is 33.6. The molecule has 0 aromatic rings. The van der Waals surface area contributed by atoms with Crippen molar-refractivity contribution in [2.24, 2.45) is 5.92 Å². The molecule has 7 heteroatoms. The van der Waals surface area contributed by atoms with Gasteiger partial charge in [-0.3, -0.25) is 4.79 Å². The molecule has 0 aromatic heterocycles. The zero-order valence-corrected chi connectivity index (χ0v) is 12.4. The van der Waals surface area contributed by atoms with Crippen molar-refractivity contribution in [3.63, 3.8) is 0 Å². The third-order valence-electron chi connectivity index (χ3n) is 2.67. The maximum Gasteiger partial charge on any atom is 0.326 e. The molecule has 0 bridgehead atoms. The van der Waals surface area contributed by atoms with Crippen LogP contribution in [0.1, 0.15) is 40.0 Å². The summed E-state index contributed by atoms with van der Waals surface area (Å²) in [6.07, 6.45) is 0.733. The Kier molecular flexibility index (Phi) is 8.35. The molecule has 0 aliphatic heterocycles. The van der Waals surface area contributed by atoms with Crippen LogP contribution in [0.5, 0.6) is 0 Å². The van der Waals surface area contributed by atoms with Crippen molar-refractivity contribution in [1.29, 1.82) is 0 Å². The smallest absolute Gasteiger partial charge is 0.326 e. The van der Waals surface area contributed by atoms with E-state index in [9.17, 15) is 14.4 Å². The third kappa shape index (κ3) is 8.34. The summed E-state index contributed by atoms with van der Waals surface area (Å²) in [6.45, 7) is 5.92. The van der Waals surface area contributed by atoms with Crippen LogP contribution in [0.4, 0.5) is 4.79 Å². The molecule has 0 rings (SSSR count). The van der Waals surface area contributed by atoms with Crippen molar-refractivity contribution >= 4 is 18.0 Å². The van der Waals surface area contributed by atoms with Gasteiger partial charge in [0.15, 0.2) is 0 Å². The molecule has 0 radical (unpaired) electrons. The molecule has 0 aliphatic rings. The van der Waals surface area contributed by atoms with E-state index >= 15 is 0 Å². The molecule has 0 saturated heterocycles. The molecule has 0 aliphatic carbocycles. The number of urea groups is 1. The van der Waals surface area contributed by atoms with Gasteiger partial charge in [-0.15, -0.1) is 0 Å². The SMILES string of the molecule is COC(=O)CC[C@@H](NC(=O)NC(C)CC(C)C)C(=O)O. The lowest BCUT2D eigenvalue weighted by Gasteiger charge is -2.19. The number of carbonyl (C=O) groups is 3. The second-order valence-corrected chi connectivity index (χ2v) is 5.15. The average Bonchev–Trinajstić information content (AvgIpc) is 2.32. The van der Waals surface area contributed by atoms with Gasteiger partial charge in [0.05, 0.1) is 7.11 Å². The van der Waals surface area contributed by atoms with Crippen molar-refractivity contribution in [3.8, 4) is 0 Å². The number of rotatable bonds is 8. The van der Waals surface area contributed by atoms with E-state index in [1.807, 2.05) is 20.8 Å². The quantitative estimate of drug-likeness (QED) is 0.581. The van der Waals surface area contributed by atoms with Crippen LogP contribution in [-0.2, 0) is 14.3 Å². The number of amides is 2. The second-order valence-electron chi connectivity index (χ2n) is 5.15. The Hall–Kier alpha value is -1.79. The predicted octanol–water partition coefficient (Wildman–Crippen LogP) is 1.13. The van der Waals surface area contributed by atoms with Crippen LogP contribution in [0.15, 0.2) is 0 Å². The van der Waals surface area contributed by atoms with E-state index in [0.29, 0.717) is 5.92 Å². The zero-order chi connectivity index (χ0) is 15.7. The molecule has 0 heterocycles. The number of hydrogen-bond acceptors (Lipinski definition) is 4. The van der Waals surface area contributed by atoms with E-state index in [2.05, 4.69) is 15.4 Å². The minimum Gasteiger partial charge on any atom is -0.480 e.